The molecule has 0 aromatic heterocycles. The lowest BCUT2D eigenvalue weighted by Gasteiger charge is -2.05. The van der Waals surface area contributed by atoms with Crippen molar-refractivity contribution in [2.24, 2.45) is 0 Å². The maximum atomic E-state index is 10.6. The summed E-state index contributed by atoms with van der Waals surface area (Å²) in [5.74, 6) is 0.337. The predicted octanol–water partition coefficient (Wildman–Crippen LogP) is 5.94. The van der Waals surface area contributed by atoms with Crippen molar-refractivity contribution in [3.8, 4) is 5.75 Å². The van der Waals surface area contributed by atoms with Crippen LogP contribution in [0.2, 0.25) is 0 Å². The highest BCUT2D eigenvalue weighted by molar-refractivity contribution is 5.81. The van der Waals surface area contributed by atoms with Gasteiger partial charge in [-0.1, -0.05) is 90.0 Å². The topological polar surface area (TPSA) is 35.5 Å². The molecule has 0 amide bonds. The van der Waals surface area contributed by atoms with Crippen LogP contribution in [0.25, 0.3) is 0 Å². The van der Waals surface area contributed by atoms with E-state index >= 15 is 0 Å². The quantitative estimate of drug-likeness (QED) is 0.269. The average Bonchev–Trinajstić information content (AvgIpc) is 2.63. The van der Waals surface area contributed by atoms with Crippen LogP contribution in [0.15, 0.2) is 43.0 Å². The number of ether oxygens (including phenoxy) is 2. The average molecular weight is 335 g/mol. The Hall–Kier alpha value is -1.77. The van der Waals surface area contributed by atoms with E-state index in [9.17, 15) is 4.79 Å². The van der Waals surface area contributed by atoms with E-state index in [1.165, 1.54) is 51.4 Å². The molecule has 0 radical (unpaired) electrons. The van der Waals surface area contributed by atoms with Crippen molar-refractivity contribution in [2.75, 3.05) is 13.2 Å². The zero-order valence-corrected chi connectivity index (χ0v) is 15.5. The Bertz CT molecular complexity index is 393. The van der Waals surface area contributed by atoms with E-state index < -0.39 is 5.97 Å². The lowest BCUT2D eigenvalue weighted by molar-refractivity contribution is -0.138. The first-order valence-corrected chi connectivity index (χ1v) is 9.21. The summed E-state index contributed by atoms with van der Waals surface area (Å²) in [7, 11) is 0. The van der Waals surface area contributed by atoms with E-state index in [1.807, 2.05) is 30.3 Å². The summed E-state index contributed by atoms with van der Waals surface area (Å²) in [4.78, 5) is 10.6. The normalized spacial score (nSPS) is 9.58. The fourth-order valence-electron chi connectivity index (χ4n) is 2.08. The van der Waals surface area contributed by atoms with E-state index in [4.69, 9.17) is 9.47 Å². The van der Waals surface area contributed by atoms with Crippen molar-refractivity contribution < 1.29 is 14.3 Å². The number of hydrogen-bond donors (Lipinski definition) is 0. The molecule has 0 heterocycles. The Kier molecular flexibility index (Phi) is 16.3. The smallest absolute Gasteiger partial charge is 0.330 e. The van der Waals surface area contributed by atoms with E-state index in [2.05, 4.69) is 20.4 Å². The number of rotatable bonds is 12. The third-order valence-electron chi connectivity index (χ3n) is 3.46. The molecule has 0 saturated heterocycles. The van der Waals surface area contributed by atoms with Gasteiger partial charge in [0.25, 0.3) is 0 Å². The van der Waals surface area contributed by atoms with Gasteiger partial charge in [0.1, 0.15) is 19.0 Å². The van der Waals surface area contributed by atoms with Crippen molar-refractivity contribution in [3.63, 3.8) is 0 Å². The minimum Gasteiger partial charge on any atom is -0.490 e. The van der Waals surface area contributed by atoms with Gasteiger partial charge in [-0.3, -0.25) is 0 Å². The molecule has 0 aliphatic carbocycles. The van der Waals surface area contributed by atoms with E-state index in [0.717, 1.165) is 11.8 Å². The summed E-state index contributed by atoms with van der Waals surface area (Å²) < 4.78 is 10.0. The Labute approximate surface area is 148 Å². The van der Waals surface area contributed by atoms with E-state index in [1.54, 1.807) is 0 Å². The molecule has 1 rings (SSSR count). The minimum absolute atomic E-state index is 0.236. The molecule has 0 unspecified atom stereocenters. The standard InChI is InChI=1S/C11H12O3.C10H22/c1-2-11(12)14-9-8-13-10-6-4-3-5-7-10;1-3-5-7-9-10-8-6-4-2/h2-7H,1,8-9H2;3-10H2,1-2H3. The monoisotopic (exact) mass is 334 g/mol. The molecule has 136 valence electrons. The molecular weight excluding hydrogens is 300 g/mol. The summed E-state index contributed by atoms with van der Waals surface area (Å²) >= 11 is 0. The molecule has 0 fully saturated rings. The third-order valence-corrected chi connectivity index (χ3v) is 3.46. The van der Waals surface area contributed by atoms with Crippen LogP contribution in [0, 0.1) is 0 Å². The van der Waals surface area contributed by atoms with Crippen LogP contribution in [0.5, 0.6) is 5.75 Å². The number of para-hydroxylation sites is 1. The van der Waals surface area contributed by atoms with Gasteiger partial charge in [0.15, 0.2) is 0 Å². The van der Waals surface area contributed by atoms with Crippen LogP contribution in [0.3, 0.4) is 0 Å². The first kappa shape index (κ1) is 22.2. The molecule has 0 spiro atoms. The number of hydrogen-bond acceptors (Lipinski definition) is 3. The highest BCUT2D eigenvalue weighted by Crippen LogP contribution is 2.08. The fraction of sp³-hybridized carbons (Fsp3) is 0.571. The molecule has 0 saturated carbocycles. The Morgan fingerprint density at radius 1 is 0.917 bits per heavy atom. The maximum Gasteiger partial charge on any atom is 0.330 e. The summed E-state index contributed by atoms with van der Waals surface area (Å²) in [6, 6.07) is 9.35. The maximum absolute atomic E-state index is 10.6. The fourth-order valence-corrected chi connectivity index (χ4v) is 2.08. The number of esters is 1. The molecule has 0 atom stereocenters. The zero-order valence-electron chi connectivity index (χ0n) is 15.5. The van der Waals surface area contributed by atoms with Crippen LogP contribution in [-0.4, -0.2) is 19.2 Å². The highest BCUT2D eigenvalue weighted by atomic mass is 16.6. The van der Waals surface area contributed by atoms with Gasteiger partial charge in [0.2, 0.25) is 0 Å². The highest BCUT2D eigenvalue weighted by Gasteiger charge is 1.95. The first-order chi connectivity index (χ1) is 11.7. The molecule has 0 aliphatic heterocycles. The van der Waals surface area contributed by atoms with E-state index in [0.29, 0.717) is 6.61 Å². The van der Waals surface area contributed by atoms with Gasteiger partial charge in [-0.05, 0) is 12.1 Å². The molecule has 3 nitrogen and oxygen atoms in total. The van der Waals surface area contributed by atoms with Crippen LogP contribution in [-0.2, 0) is 9.53 Å². The lowest BCUT2D eigenvalue weighted by atomic mass is 10.1. The van der Waals surface area contributed by atoms with Crippen molar-refractivity contribution in [1.82, 2.24) is 0 Å². The van der Waals surface area contributed by atoms with Crippen LogP contribution < -0.4 is 4.74 Å². The van der Waals surface area contributed by atoms with Crippen molar-refractivity contribution in [3.05, 3.63) is 43.0 Å². The Balaban J connectivity index is 0.000000470. The molecule has 3 heteroatoms. The summed E-state index contributed by atoms with van der Waals surface area (Å²) in [5.41, 5.74) is 0. The first-order valence-electron chi connectivity index (χ1n) is 9.21. The van der Waals surface area contributed by atoms with Gasteiger partial charge in [0, 0.05) is 6.08 Å². The van der Waals surface area contributed by atoms with Crippen molar-refractivity contribution >= 4 is 5.97 Å². The molecule has 1 aromatic carbocycles. The van der Waals surface area contributed by atoms with Crippen molar-refractivity contribution in [2.45, 2.75) is 65.2 Å². The minimum atomic E-state index is -0.429. The SMILES string of the molecule is C=CC(=O)OCCOc1ccccc1.CCCCCCCCCC. The number of unbranched alkanes of at least 4 members (excludes halogenated alkanes) is 7. The Morgan fingerprint density at radius 3 is 1.96 bits per heavy atom. The number of carbonyl (C=O) groups is 1. The predicted molar refractivity (Wildman–Crippen MR) is 101 cm³/mol. The second-order valence-electron chi connectivity index (χ2n) is 5.65. The van der Waals surface area contributed by atoms with Gasteiger partial charge in [-0.2, -0.15) is 0 Å². The molecule has 0 bridgehead atoms. The molecule has 0 N–H and O–H groups in total. The number of carbonyl (C=O) groups excluding carboxylic acids is 1. The van der Waals surface area contributed by atoms with Crippen LogP contribution in [0.4, 0.5) is 0 Å². The molecular formula is C21H34O3. The second-order valence-corrected chi connectivity index (χ2v) is 5.65. The third kappa shape index (κ3) is 15.1. The summed E-state index contributed by atoms with van der Waals surface area (Å²) in [6.07, 6.45) is 12.6. The zero-order chi connectivity index (χ0) is 17.9. The van der Waals surface area contributed by atoms with Crippen LogP contribution in [0.1, 0.15) is 65.2 Å². The van der Waals surface area contributed by atoms with Gasteiger partial charge in [0.05, 0.1) is 0 Å². The number of benzene rings is 1. The van der Waals surface area contributed by atoms with Gasteiger partial charge < -0.3 is 9.47 Å². The summed E-state index contributed by atoms with van der Waals surface area (Å²) in [6.45, 7) is 8.41. The second kappa shape index (κ2) is 17.6. The lowest BCUT2D eigenvalue weighted by Crippen LogP contribution is -2.09. The molecule has 1 aromatic rings. The Morgan fingerprint density at radius 2 is 1.46 bits per heavy atom. The van der Waals surface area contributed by atoms with E-state index in [-0.39, 0.29) is 6.61 Å². The van der Waals surface area contributed by atoms with Gasteiger partial charge in [-0.25, -0.2) is 4.79 Å². The summed E-state index contributed by atoms with van der Waals surface area (Å²) in [5, 5.41) is 0. The van der Waals surface area contributed by atoms with Gasteiger partial charge in [-0.15, -0.1) is 0 Å². The molecule has 0 aliphatic rings. The van der Waals surface area contributed by atoms with Gasteiger partial charge >= 0.3 is 5.97 Å². The largest absolute Gasteiger partial charge is 0.490 e. The van der Waals surface area contributed by atoms with Crippen molar-refractivity contribution in [1.29, 1.82) is 0 Å². The van der Waals surface area contributed by atoms with Crippen LogP contribution >= 0.6 is 0 Å². The molecule has 24 heavy (non-hydrogen) atoms.